The Labute approximate surface area is 356 Å². The minimum atomic E-state index is -4.29. The topological polar surface area (TPSA) is 117 Å². The van der Waals surface area contributed by atoms with E-state index in [1.807, 2.05) is 0 Å². The molecule has 0 heterocycles. The normalized spacial score (nSPS) is 14.1. The Balaban J connectivity index is 4.00. The third kappa shape index (κ3) is 45.0. The van der Waals surface area contributed by atoms with Crippen LogP contribution in [0.4, 0.5) is 0 Å². The number of hydrogen-bond donors (Lipinski definition) is 2. The van der Waals surface area contributed by atoms with Crippen molar-refractivity contribution in [3.05, 3.63) is 72.9 Å². The van der Waals surface area contributed by atoms with E-state index in [1.165, 1.54) is 109 Å². The van der Waals surface area contributed by atoms with E-state index >= 15 is 0 Å². The number of esters is 1. The van der Waals surface area contributed by atoms with Crippen LogP contribution in [0, 0.1) is 0 Å². The number of phosphoric ester groups is 1. The number of rotatable bonds is 44. The molecule has 9 heteroatoms. The maximum atomic E-state index is 12.6. The monoisotopic (exact) mass is 834 g/mol. The highest BCUT2D eigenvalue weighted by molar-refractivity contribution is 7.47. The van der Waals surface area contributed by atoms with Gasteiger partial charge in [0.2, 0.25) is 0 Å². The van der Waals surface area contributed by atoms with Crippen LogP contribution in [0.5, 0.6) is 0 Å². The first-order valence-corrected chi connectivity index (χ1v) is 24.9. The fourth-order valence-corrected chi connectivity index (χ4v) is 6.96. The van der Waals surface area contributed by atoms with Gasteiger partial charge in [0.1, 0.15) is 6.10 Å². The van der Waals surface area contributed by atoms with Gasteiger partial charge in [0.15, 0.2) is 0 Å². The summed E-state index contributed by atoms with van der Waals surface area (Å²) in [4.78, 5) is 22.5. The zero-order valence-corrected chi connectivity index (χ0v) is 38.2. The van der Waals surface area contributed by atoms with Gasteiger partial charge in [-0.05, 0) is 83.5 Å². The molecule has 336 valence electrons. The van der Waals surface area contributed by atoms with Crippen molar-refractivity contribution in [2.24, 2.45) is 5.73 Å². The lowest BCUT2D eigenvalue weighted by molar-refractivity contribution is -0.154. The molecule has 0 aliphatic carbocycles. The Kier molecular flexibility index (Phi) is 44.4. The van der Waals surface area contributed by atoms with Gasteiger partial charge in [-0.15, -0.1) is 0 Å². The van der Waals surface area contributed by atoms with Crippen molar-refractivity contribution < 1.29 is 32.8 Å². The molecule has 0 aromatic rings. The molecule has 0 aromatic carbocycles. The van der Waals surface area contributed by atoms with E-state index in [0.717, 1.165) is 57.8 Å². The highest BCUT2D eigenvalue weighted by Gasteiger charge is 2.25. The summed E-state index contributed by atoms with van der Waals surface area (Å²) in [6.07, 6.45) is 57.9. The van der Waals surface area contributed by atoms with Gasteiger partial charge in [-0.25, -0.2) is 4.57 Å². The third-order valence-electron chi connectivity index (χ3n) is 9.61. The van der Waals surface area contributed by atoms with Crippen LogP contribution in [0.3, 0.4) is 0 Å². The number of nitrogens with two attached hydrogens (primary N) is 1. The molecule has 0 aliphatic rings. The van der Waals surface area contributed by atoms with E-state index < -0.39 is 13.9 Å². The highest BCUT2D eigenvalue weighted by Crippen LogP contribution is 2.43. The molecule has 0 aliphatic heterocycles. The average molecular weight is 834 g/mol. The van der Waals surface area contributed by atoms with Crippen molar-refractivity contribution in [2.75, 3.05) is 33.0 Å². The molecule has 0 saturated heterocycles. The molecule has 2 unspecified atom stereocenters. The molecule has 0 amide bonds. The van der Waals surface area contributed by atoms with E-state index in [4.69, 9.17) is 24.3 Å². The predicted molar refractivity (Wildman–Crippen MR) is 247 cm³/mol. The fourth-order valence-electron chi connectivity index (χ4n) is 6.19. The molecule has 0 bridgehead atoms. The van der Waals surface area contributed by atoms with Crippen molar-refractivity contribution in [3.63, 3.8) is 0 Å². The first kappa shape index (κ1) is 55.9. The summed E-state index contributed by atoms with van der Waals surface area (Å²) in [6, 6.07) is 0. The second-order valence-corrected chi connectivity index (χ2v) is 16.7. The van der Waals surface area contributed by atoms with Crippen molar-refractivity contribution in [1.82, 2.24) is 0 Å². The van der Waals surface area contributed by atoms with Crippen LogP contribution >= 0.6 is 7.82 Å². The molecule has 0 spiro atoms. The first-order chi connectivity index (χ1) is 28.4. The first-order valence-electron chi connectivity index (χ1n) is 23.4. The summed E-state index contributed by atoms with van der Waals surface area (Å²) in [7, 11) is -4.29. The number of carbonyl (C=O) groups is 1. The number of allylic oxidation sites excluding steroid dienone is 12. The number of carbonyl (C=O) groups excluding carboxylic acids is 1. The minimum absolute atomic E-state index is 0.0902. The van der Waals surface area contributed by atoms with Crippen LogP contribution in [0.15, 0.2) is 72.9 Å². The van der Waals surface area contributed by atoms with Gasteiger partial charge in [0.25, 0.3) is 0 Å². The highest BCUT2D eigenvalue weighted by atomic mass is 31.2. The van der Waals surface area contributed by atoms with Gasteiger partial charge in [-0.3, -0.25) is 13.8 Å². The minimum Gasteiger partial charge on any atom is -0.457 e. The number of hydrogen-bond acceptors (Lipinski definition) is 7. The molecule has 3 N–H and O–H groups in total. The van der Waals surface area contributed by atoms with Crippen molar-refractivity contribution >= 4 is 13.8 Å². The standard InChI is InChI=1S/C49H88NO7P/c1-3-5-7-9-11-13-15-17-19-20-21-22-23-24-25-26-27-29-31-33-35-37-39-41-44-54-46-48(47-56-58(52,53)55-45-43-50)57-49(51)42-40-38-36-34-32-30-28-18-16-14-12-10-8-6-4-2/h6,8,12,14-15,17-18,20-21,28,32,34,48H,3-5,7,9-11,13,16,19,22-27,29-31,33,35-47,50H2,1-2H3,(H,52,53)/b8-6-,14-12-,17-15-,21-20-,28-18-,34-32-. The summed E-state index contributed by atoms with van der Waals surface area (Å²) >= 11 is 0. The van der Waals surface area contributed by atoms with E-state index in [9.17, 15) is 14.3 Å². The zero-order valence-electron chi connectivity index (χ0n) is 37.3. The van der Waals surface area contributed by atoms with Gasteiger partial charge in [0, 0.05) is 19.6 Å². The Morgan fingerprint density at radius 3 is 1.45 bits per heavy atom. The molecule has 0 aromatic heterocycles. The maximum absolute atomic E-state index is 12.6. The van der Waals surface area contributed by atoms with Crippen molar-refractivity contribution in [1.29, 1.82) is 0 Å². The molecular formula is C49H88NO7P. The Morgan fingerprint density at radius 1 is 0.534 bits per heavy atom. The van der Waals surface area contributed by atoms with E-state index in [0.29, 0.717) is 13.0 Å². The SMILES string of the molecule is CC/C=C\C/C=C\C/C=C\C/C=C\CCCCC(=O)OC(COCCCCCCCCCCCCCC/C=C\C/C=C\CCCCCCC)COP(=O)(O)OCCN. The molecular weight excluding hydrogens is 746 g/mol. The molecule has 2 atom stereocenters. The Hall–Kier alpha value is -2.06. The lowest BCUT2D eigenvalue weighted by atomic mass is 10.0. The number of unbranched alkanes of at least 4 members (excludes halogenated alkanes) is 19. The van der Waals surface area contributed by atoms with Crippen molar-refractivity contribution in [2.45, 2.75) is 200 Å². The van der Waals surface area contributed by atoms with Crippen LogP contribution in [0.25, 0.3) is 0 Å². The van der Waals surface area contributed by atoms with E-state index in [-0.39, 0.29) is 38.8 Å². The summed E-state index contributed by atoms with van der Waals surface area (Å²) in [5.74, 6) is -0.372. The van der Waals surface area contributed by atoms with Crippen LogP contribution in [0.1, 0.15) is 194 Å². The maximum Gasteiger partial charge on any atom is 0.472 e. The Bertz CT molecular complexity index is 1120. The number of phosphoric acid groups is 1. The zero-order chi connectivity index (χ0) is 42.3. The van der Waals surface area contributed by atoms with Crippen molar-refractivity contribution in [3.8, 4) is 0 Å². The second kappa shape index (κ2) is 46.0. The average Bonchev–Trinajstić information content (AvgIpc) is 3.21. The summed E-state index contributed by atoms with van der Waals surface area (Å²) in [5, 5.41) is 0. The van der Waals surface area contributed by atoms with Gasteiger partial charge < -0.3 is 20.1 Å². The van der Waals surface area contributed by atoms with Gasteiger partial charge in [-0.2, -0.15) is 0 Å². The largest absolute Gasteiger partial charge is 0.472 e. The molecule has 0 saturated carbocycles. The van der Waals surface area contributed by atoms with Crippen LogP contribution < -0.4 is 5.73 Å². The molecule has 8 nitrogen and oxygen atoms in total. The lowest BCUT2D eigenvalue weighted by Crippen LogP contribution is -2.28. The van der Waals surface area contributed by atoms with Gasteiger partial charge in [0.05, 0.1) is 19.8 Å². The second-order valence-electron chi connectivity index (χ2n) is 15.2. The quantitative estimate of drug-likeness (QED) is 0.0270. The summed E-state index contributed by atoms with van der Waals surface area (Å²) < 4.78 is 33.4. The smallest absolute Gasteiger partial charge is 0.457 e. The molecule has 0 fully saturated rings. The molecule has 0 rings (SSSR count). The van der Waals surface area contributed by atoms with E-state index in [2.05, 4.69) is 86.8 Å². The molecule has 58 heavy (non-hydrogen) atoms. The van der Waals surface area contributed by atoms with Gasteiger partial charge >= 0.3 is 13.8 Å². The molecule has 0 radical (unpaired) electrons. The van der Waals surface area contributed by atoms with Crippen LogP contribution in [0.2, 0.25) is 0 Å². The van der Waals surface area contributed by atoms with Crippen LogP contribution in [-0.4, -0.2) is 49.9 Å². The number of ether oxygens (including phenoxy) is 2. The lowest BCUT2D eigenvalue weighted by Gasteiger charge is -2.20. The predicted octanol–water partition coefficient (Wildman–Crippen LogP) is 14.3. The summed E-state index contributed by atoms with van der Waals surface area (Å²) in [6.45, 7) is 4.73. The Morgan fingerprint density at radius 2 is 0.966 bits per heavy atom. The van der Waals surface area contributed by atoms with E-state index in [1.54, 1.807) is 0 Å². The third-order valence-corrected chi connectivity index (χ3v) is 10.6. The van der Waals surface area contributed by atoms with Crippen LogP contribution in [-0.2, 0) is 27.9 Å². The summed E-state index contributed by atoms with van der Waals surface area (Å²) in [5.41, 5.74) is 5.37. The van der Waals surface area contributed by atoms with Gasteiger partial charge in [-0.1, -0.05) is 177 Å². The fraction of sp³-hybridized carbons (Fsp3) is 0.735.